The second kappa shape index (κ2) is 6.44. The van der Waals surface area contributed by atoms with Crippen LogP contribution in [0.4, 0.5) is 23.7 Å². The molecule has 0 aliphatic carbocycles. The third kappa shape index (κ3) is 4.04. The van der Waals surface area contributed by atoms with Crippen LogP contribution in [0.3, 0.4) is 0 Å². The molecule has 2 aromatic rings. The number of carbonyl (C=O) groups excluding carboxylic acids is 1. The zero-order valence-corrected chi connectivity index (χ0v) is 12.8. The maximum Gasteiger partial charge on any atom is 0.416 e. The van der Waals surface area contributed by atoms with Gasteiger partial charge in [0, 0.05) is 17.6 Å². The Hall–Kier alpha value is -1.95. The second-order valence-corrected chi connectivity index (χ2v) is 5.81. The molecule has 0 spiro atoms. The van der Waals surface area contributed by atoms with Crippen molar-refractivity contribution in [3.8, 4) is 0 Å². The van der Waals surface area contributed by atoms with E-state index in [9.17, 15) is 18.0 Å². The molecule has 0 unspecified atom stereocenters. The highest BCUT2D eigenvalue weighted by atomic mass is 32.2. The third-order valence-electron chi connectivity index (χ3n) is 3.08. The number of amides is 1. The van der Waals surface area contributed by atoms with Crippen molar-refractivity contribution in [3.05, 3.63) is 59.7 Å². The third-order valence-corrected chi connectivity index (χ3v) is 4.04. The van der Waals surface area contributed by atoms with Crippen LogP contribution >= 0.6 is 11.8 Å². The van der Waals surface area contributed by atoms with Crippen LogP contribution in [0, 0.1) is 6.92 Å². The average Bonchev–Trinajstić information content (AvgIpc) is 2.48. The topological polar surface area (TPSA) is 20.3 Å². The molecule has 0 bridgehead atoms. The highest BCUT2D eigenvalue weighted by molar-refractivity contribution is 8.13. The van der Waals surface area contributed by atoms with Crippen LogP contribution in [0.25, 0.3) is 0 Å². The molecule has 22 heavy (non-hydrogen) atoms. The molecular weight excluding hydrogens is 311 g/mol. The molecule has 6 heteroatoms. The molecule has 0 radical (unpaired) electrons. The van der Waals surface area contributed by atoms with E-state index in [2.05, 4.69) is 0 Å². The Bertz CT molecular complexity index is 651. The maximum absolute atomic E-state index is 12.5. The van der Waals surface area contributed by atoms with Gasteiger partial charge in [-0.15, -0.1) is 0 Å². The Morgan fingerprint density at radius 2 is 1.55 bits per heavy atom. The van der Waals surface area contributed by atoms with Crippen molar-refractivity contribution in [2.45, 2.75) is 18.0 Å². The van der Waals surface area contributed by atoms with Gasteiger partial charge in [-0.1, -0.05) is 17.7 Å². The van der Waals surface area contributed by atoms with E-state index in [-0.39, 0.29) is 5.24 Å². The fourth-order valence-corrected chi connectivity index (χ4v) is 2.47. The van der Waals surface area contributed by atoms with E-state index in [1.165, 1.54) is 24.1 Å². The molecule has 2 rings (SSSR count). The van der Waals surface area contributed by atoms with Gasteiger partial charge >= 0.3 is 6.18 Å². The lowest BCUT2D eigenvalue weighted by molar-refractivity contribution is -0.137. The predicted molar refractivity (Wildman–Crippen MR) is 82.3 cm³/mol. The van der Waals surface area contributed by atoms with Gasteiger partial charge < -0.3 is 4.90 Å². The molecule has 0 heterocycles. The number of hydrogen-bond acceptors (Lipinski definition) is 2. The van der Waals surface area contributed by atoms with Crippen LogP contribution in [-0.2, 0) is 6.18 Å². The fraction of sp³-hybridized carbons (Fsp3) is 0.188. The minimum atomic E-state index is -4.38. The van der Waals surface area contributed by atoms with Crippen molar-refractivity contribution in [3.63, 3.8) is 0 Å². The van der Waals surface area contributed by atoms with Crippen LogP contribution in [0.5, 0.6) is 0 Å². The smallest absolute Gasteiger partial charge is 0.306 e. The number of carbonyl (C=O) groups is 1. The van der Waals surface area contributed by atoms with Gasteiger partial charge in [0.1, 0.15) is 0 Å². The number of halogens is 3. The SMILES string of the molecule is Cc1ccc(SC(=O)N(C)c2ccc(C(F)(F)F)cc2)cc1. The number of aryl methyl sites for hydroxylation is 1. The maximum atomic E-state index is 12.5. The van der Waals surface area contributed by atoms with Crippen molar-refractivity contribution in [1.29, 1.82) is 0 Å². The first-order chi connectivity index (χ1) is 10.3. The number of rotatable bonds is 2. The number of nitrogens with zero attached hydrogens (tertiary/aromatic N) is 1. The van der Waals surface area contributed by atoms with Crippen LogP contribution in [-0.4, -0.2) is 12.3 Å². The van der Waals surface area contributed by atoms with Crippen LogP contribution in [0.15, 0.2) is 53.4 Å². The first-order valence-corrected chi connectivity index (χ1v) is 7.28. The summed E-state index contributed by atoms with van der Waals surface area (Å²) in [5, 5.41) is -0.261. The Kier molecular flexibility index (Phi) is 4.81. The van der Waals surface area contributed by atoms with E-state index in [1.807, 2.05) is 31.2 Å². The summed E-state index contributed by atoms with van der Waals surface area (Å²) < 4.78 is 37.5. The van der Waals surface area contributed by atoms with E-state index in [1.54, 1.807) is 0 Å². The summed E-state index contributed by atoms with van der Waals surface area (Å²) in [6, 6.07) is 12.0. The molecule has 0 aliphatic rings. The minimum Gasteiger partial charge on any atom is -0.306 e. The van der Waals surface area contributed by atoms with E-state index < -0.39 is 11.7 Å². The lowest BCUT2D eigenvalue weighted by atomic mass is 10.2. The normalized spacial score (nSPS) is 11.3. The van der Waals surface area contributed by atoms with E-state index >= 15 is 0 Å². The first-order valence-electron chi connectivity index (χ1n) is 6.47. The molecule has 0 N–H and O–H groups in total. The molecule has 0 saturated heterocycles. The molecule has 116 valence electrons. The van der Waals surface area contributed by atoms with Gasteiger partial charge in [0.15, 0.2) is 0 Å². The number of benzene rings is 2. The van der Waals surface area contributed by atoms with Crippen molar-refractivity contribution in [2.24, 2.45) is 0 Å². The Morgan fingerprint density at radius 3 is 2.05 bits per heavy atom. The van der Waals surface area contributed by atoms with Gasteiger partial charge in [0.2, 0.25) is 0 Å². The molecular formula is C16H14F3NOS. The predicted octanol–water partition coefficient (Wildman–Crippen LogP) is 5.36. The Balaban J connectivity index is 2.08. The lowest BCUT2D eigenvalue weighted by Gasteiger charge is -2.17. The van der Waals surface area contributed by atoms with Gasteiger partial charge in [-0.2, -0.15) is 13.2 Å². The quantitative estimate of drug-likeness (QED) is 0.693. The van der Waals surface area contributed by atoms with Crippen molar-refractivity contribution in [2.75, 3.05) is 11.9 Å². The summed E-state index contributed by atoms with van der Waals surface area (Å²) in [5.41, 5.74) is 0.772. The zero-order chi connectivity index (χ0) is 16.3. The van der Waals surface area contributed by atoms with E-state index in [0.717, 1.165) is 34.4 Å². The average molecular weight is 325 g/mol. The summed E-state index contributed by atoms with van der Waals surface area (Å²) in [7, 11) is 1.53. The molecule has 0 fully saturated rings. The largest absolute Gasteiger partial charge is 0.416 e. The summed E-state index contributed by atoms with van der Waals surface area (Å²) in [5.74, 6) is 0. The zero-order valence-electron chi connectivity index (χ0n) is 12.0. The summed E-state index contributed by atoms with van der Waals surface area (Å²) >= 11 is 1.03. The number of anilines is 1. The van der Waals surface area contributed by atoms with Crippen LogP contribution in [0.2, 0.25) is 0 Å². The summed E-state index contributed by atoms with van der Waals surface area (Å²) in [6.07, 6.45) is -4.38. The van der Waals surface area contributed by atoms with Gasteiger partial charge in [0.25, 0.3) is 5.24 Å². The summed E-state index contributed by atoms with van der Waals surface area (Å²) in [4.78, 5) is 14.3. The van der Waals surface area contributed by atoms with Gasteiger partial charge in [-0.05, 0) is 55.1 Å². The number of hydrogen-bond donors (Lipinski definition) is 0. The highest BCUT2D eigenvalue weighted by Gasteiger charge is 2.30. The lowest BCUT2D eigenvalue weighted by Crippen LogP contribution is -2.21. The Labute approximate surface area is 130 Å². The molecule has 2 nitrogen and oxygen atoms in total. The monoisotopic (exact) mass is 325 g/mol. The number of thioether (sulfide) groups is 1. The number of alkyl halides is 3. The first kappa shape index (κ1) is 16.4. The molecule has 0 aliphatic heterocycles. The molecule has 0 saturated carbocycles. The molecule has 0 aromatic heterocycles. The van der Waals surface area contributed by atoms with Crippen molar-refractivity contribution in [1.82, 2.24) is 0 Å². The Morgan fingerprint density at radius 1 is 1.00 bits per heavy atom. The van der Waals surface area contributed by atoms with E-state index in [4.69, 9.17) is 0 Å². The van der Waals surface area contributed by atoms with Crippen LogP contribution in [0.1, 0.15) is 11.1 Å². The molecule has 0 atom stereocenters. The van der Waals surface area contributed by atoms with Crippen molar-refractivity contribution < 1.29 is 18.0 Å². The standard InChI is InChI=1S/C16H14F3NOS/c1-11-3-9-14(10-4-11)22-15(21)20(2)13-7-5-12(6-8-13)16(17,18)19/h3-10H,1-2H3. The fourth-order valence-electron chi connectivity index (χ4n) is 1.76. The molecule has 1 amide bonds. The second-order valence-electron chi connectivity index (χ2n) is 4.78. The minimum absolute atomic E-state index is 0.261. The van der Waals surface area contributed by atoms with Gasteiger partial charge in [-0.25, -0.2) is 0 Å². The van der Waals surface area contributed by atoms with Gasteiger partial charge in [0.05, 0.1) is 5.56 Å². The molecule has 2 aromatic carbocycles. The van der Waals surface area contributed by atoms with Crippen LogP contribution < -0.4 is 4.90 Å². The van der Waals surface area contributed by atoms with Crippen molar-refractivity contribution >= 4 is 22.7 Å². The van der Waals surface area contributed by atoms with Gasteiger partial charge in [-0.3, -0.25) is 4.79 Å². The van der Waals surface area contributed by atoms with E-state index in [0.29, 0.717) is 5.69 Å². The summed E-state index contributed by atoms with van der Waals surface area (Å²) in [6.45, 7) is 1.95. The highest BCUT2D eigenvalue weighted by Crippen LogP contribution is 2.31.